The summed E-state index contributed by atoms with van der Waals surface area (Å²) in [6.45, 7) is 0.725. The van der Waals surface area contributed by atoms with Gasteiger partial charge in [-0.25, -0.2) is 8.78 Å². The predicted octanol–water partition coefficient (Wildman–Crippen LogP) is 2.39. The first kappa shape index (κ1) is 22.8. The second-order valence-electron chi connectivity index (χ2n) is 8.50. The van der Waals surface area contributed by atoms with Crippen LogP contribution in [-0.4, -0.2) is 91.5 Å². The maximum atomic E-state index is 13.0. The number of hydrazone groups is 1. The van der Waals surface area contributed by atoms with Gasteiger partial charge in [0.25, 0.3) is 6.43 Å². The summed E-state index contributed by atoms with van der Waals surface area (Å²) >= 11 is 0. The highest BCUT2D eigenvalue weighted by atomic mass is 19.4. The molecule has 5 unspecified atom stereocenters. The van der Waals surface area contributed by atoms with Crippen LogP contribution in [0.4, 0.5) is 22.0 Å². The minimum atomic E-state index is -4.40. The monoisotopic (exact) mass is 461 g/mol. The summed E-state index contributed by atoms with van der Waals surface area (Å²) in [7, 11) is 0. The van der Waals surface area contributed by atoms with E-state index in [1.54, 1.807) is 11.1 Å². The number of aliphatic imine (C=N–C) groups is 2. The van der Waals surface area contributed by atoms with Crippen LogP contribution in [-0.2, 0) is 9.53 Å². The number of alkyl halides is 5. The quantitative estimate of drug-likeness (QED) is 0.571. The van der Waals surface area contributed by atoms with Crippen LogP contribution in [0.5, 0.6) is 0 Å². The number of likely N-dealkylation sites (tertiary alicyclic amines) is 1. The van der Waals surface area contributed by atoms with Crippen molar-refractivity contribution in [2.24, 2.45) is 32.8 Å². The van der Waals surface area contributed by atoms with E-state index in [2.05, 4.69) is 15.1 Å². The molecule has 4 aliphatic rings. The van der Waals surface area contributed by atoms with Gasteiger partial charge >= 0.3 is 6.18 Å². The van der Waals surface area contributed by atoms with Crippen molar-refractivity contribution in [3.05, 3.63) is 11.8 Å². The molecule has 176 valence electrons. The van der Waals surface area contributed by atoms with E-state index in [1.807, 2.05) is 13.0 Å². The van der Waals surface area contributed by atoms with E-state index in [1.165, 1.54) is 11.2 Å². The van der Waals surface area contributed by atoms with E-state index < -0.39 is 43.8 Å². The fourth-order valence-electron chi connectivity index (χ4n) is 4.56. The molecular weight excluding hydrogens is 437 g/mol. The van der Waals surface area contributed by atoms with Crippen LogP contribution in [0.15, 0.2) is 26.9 Å². The van der Waals surface area contributed by atoms with E-state index in [0.717, 1.165) is 0 Å². The lowest BCUT2D eigenvalue weighted by molar-refractivity contribution is -0.185. The van der Waals surface area contributed by atoms with Crippen molar-refractivity contribution in [3.63, 3.8) is 0 Å². The van der Waals surface area contributed by atoms with Crippen LogP contribution in [0, 0.1) is 17.8 Å². The van der Waals surface area contributed by atoms with Gasteiger partial charge < -0.3 is 9.64 Å². The van der Waals surface area contributed by atoms with Crippen molar-refractivity contribution in [3.8, 4) is 0 Å². The number of amides is 1. The van der Waals surface area contributed by atoms with E-state index in [-0.39, 0.29) is 37.4 Å². The van der Waals surface area contributed by atoms with Gasteiger partial charge in [0.2, 0.25) is 5.91 Å². The van der Waals surface area contributed by atoms with Gasteiger partial charge in [-0.05, 0) is 12.3 Å². The number of halogens is 5. The highest BCUT2D eigenvalue weighted by Gasteiger charge is 2.46. The summed E-state index contributed by atoms with van der Waals surface area (Å²) in [6, 6.07) is -0.401. The van der Waals surface area contributed by atoms with E-state index in [9.17, 15) is 26.7 Å². The normalized spacial score (nSPS) is 32.6. The van der Waals surface area contributed by atoms with Crippen LogP contribution in [0.2, 0.25) is 0 Å². The second-order valence-corrected chi connectivity index (χ2v) is 8.50. The maximum Gasteiger partial charge on any atom is 0.411 e. The summed E-state index contributed by atoms with van der Waals surface area (Å²) < 4.78 is 67.6. The highest BCUT2D eigenvalue weighted by Crippen LogP contribution is 2.35. The molecule has 0 aromatic heterocycles. The third-order valence-corrected chi connectivity index (χ3v) is 6.00. The number of hydrogen-bond donors (Lipinski definition) is 0. The number of nitrogens with zero attached hydrogens (tertiary/aromatic N) is 5. The van der Waals surface area contributed by atoms with Crippen LogP contribution in [0.1, 0.15) is 13.3 Å². The Bertz CT molecular complexity index is 856. The molecule has 0 N–H and O–H groups in total. The van der Waals surface area contributed by atoms with Gasteiger partial charge in [-0.3, -0.25) is 19.8 Å². The average Bonchev–Trinajstić information content (AvgIpc) is 3.30. The molecule has 4 rings (SSSR count). The predicted molar refractivity (Wildman–Crippen MR) is 107 cm³/mol. The zero-order valence-electron chi connectivity index (χ0n) is 17.4. The number of carbonyl (C=O) groups excluding carboxylic acids is 1. The summed E-state index contributed by atoms with van der Waals surface area (Å²) in [6.07, 6.45) is -2.19. The Morgan fingerprint density at radius 1 is 1.28 bits per heavy atom. The molecule has 12 heteroatoms. The molecule has 4 aliphatic heterocycles. The topological polar surface area (TPSA) is 69.9 Å². The van der Waals surface area contributed by atoms with Crippen LogP contribution < -0.4 is 0 Å². The standard InChI is InChI=1S/C20H24F5N5O2/c1-11-2-15(12-3-14(6-26-4-12)32-10-20(23,24)25)28-16-8-30(19(31)18(11)16)13-5-27-29(7-13)9-17(21)22/h2,4-5,11-14,17-18H,3,6-10H2,1H3. The van der Waals surface area contributed by atoms with Gasteiger partial charge in [-0.15, -0.1) is 0 Å². The van der Waals surface area contributed by atoms with E-state index in [4.69, 9.17) is 4.74 Å². The molecular formula is C20H24F5N5O2. The Morgan fingerprint density at radius 3 is 2.78 bits per heavy atom. The fraction of sp³-hybridized carbons (Fsp3) is 0.700. The van der Waals surface area contributed by atoms with Crippen molar-refractivity contribution in [2.45, 2.75) is 38.1 Å². The van der Waals surface area contributed by atoms with Gasteiger partial charge in [0.05, 0.1) is 50.0 Å². The molecule has 0 spiro atoms. The molecule has 1 amide bonds. The Balaban J connectivity index is 1.42. The number of fused-ring (bicyclic) bond motifs is 1. The molecule has 0 radical (unpaired) electrons. The van der Waals surface area contributed by atoms with Gasteiger partial charge in [0, 0.05) is 24.0 Å². The van der Waals surface area contributed by atoms with Gasteiger partial charge in [-0.2, -0.15) is 18.3 Å². The van der Waals surface area contributed by atoms with Gasteiger partial charge in [-0.1, -0.05) is 13.0 Å². The molecule has 0 bridgehead atoms. The molecule has 0 saturated carbocycles. The van der Waals surface area contributed by atoms with Crippen molar-refractivity contribution in [1.29, 1.82) is 0 Å². The van der Waals surface area contributed by atoms with Crippen molar-refractivity contribution >= 4 is 24.0 Å². The van der Waals surface area contributed by atoms with Crippen molar-refractivity contribution < 1.29 is 31.5 Å². The molecule has 1 fully saturated rings. The molecule has 32 heavy (non-hydrogen) atoms. The van der Waals surface area contributed by atoms with Crippen LogP contribution >= 0.6 is 0 Å². The average molecular weight is 461 g/mol. The first-order valence-corrected chi connectivity index (χ1v) is 10.5. The molecule has 4 heterocycles. The van der Waals surface area contributed by atoms with Gasteiger partial charge in [0.15, 0.2) is 0 Å². The van der Waals surface area contributed by atoms with E-state index >= 15 is 0 Å². The number of rotatable bonds is 6. The minimum Gasteiger partial charge on any atom is -0.367 e. The number of allylic oxidation sites excluding steroid dienone is 2. The second kappa shape index (κ2) is 8.87. The molecule has 7 nitrogen and oxygen atoms in total. The largest absolute Gasteiger partial charge is 0.411 e. The number of ether oxygens (including phenoxy) is 1. The van der Waals surface area contributed by atoms with Crippen LogP contribution in [0.3, 0.4) is 0 Å². The zero-order chi connectivity index (χ0) is 23.0. The highest BCUT2D eigenvalue weighted by molar-refractivity contribution is 6.13. The number of carbonyl (C=O) groups is 1. The minimum absolute atomic E-state index is 0.120. The lowest BCUT2D eigenvalue weighted by atomic mass is 9.84. The lowest BCUT2D eigenvalue weighted by Gasteiger charge is -2.28. The Kier molecular flexibility index (Phi) is 6.33. The molecule has 0 aromatic rings. The third kappa shape index (κ3) is 5.00. The number of hydrogen-bond acceptors (Lipinski definition) is 6. The fourth-order valence-corrected chi connectivity index (χ4v) is 4.56. The van der Waals surface area contributed by atoms with E-state index in [0.29, 0.717) is 17.8 Å². The smallest absolute Gasteiger partial charge is 0.367 e. The Morgan fingerprint density at radius 2 is 2.06 bits per heavy atom. The summed E-state index contributed by atoms with van der Waals surface area (Å²) in [5.41, 5.74) is 1.34. The van der Waals surface area contributed by atoms with Crippen molar-refractivity contribution in [1.82, 2.24) is 9.91 Å². The lowest BCUT2D eigenvalue weighted by Crippen LogP contribution is -2.42. The molecule has 1 saturated heterocycles. The molecule has 0 aromatic carbocycles. The first-order valence-electron chi connectivity index (χ1n) is 10.5. The van der Waals surface area contributed by atoms with Crippen LogP contribution in [0.25, 0.3) is 0 Å². The van der Waals surface area contributed by atoms with Crippen molar-refractivity contribution in [2.75, 3.05) is 32.8 Å². The zero-order valence-corrected chi connectivity index (χ0v) is 17.4. The third-order valence-electron chi connectivity index (χ3n) is 6.00. The summed E-state index contributed by atoms with van der Waals surface area (Å²) in [4.78, 5) is 23.5. The Hall–Kier alpha value is -2.37. The summed E-state index contributed by atoms with van der Waals surface area (Å²) in [5.74, 6) is -1.01. The van der Waals surface area contributed by atoms with Gasteiger partial charge in [0.1, 0.15) is 6.61 Å². The maximum absolute atomic E-state index is 13.0. The first-order chi connectivity index (χ1) is 15.1. The molecule has 0 aliphatic carbocycles. The molecule has 5 atom stereocenters. The summed E-state index contributed by atoms with van der Waals surface area (Å²) in [5, 5.41) is 5.22. The Labute approximate surface area is 181 Å². The SMILES string of the molecule is CC1C=C(C2C=NCC(OCC(F)(F)F)C2)N=C2CN(C3C=NN(CC(F)F)C3)C(=O)C21.